The van der Waals surface area contributed by atoms with Gasteiger partial charge in [-0.15, -0.1) is 0 Å². The monoisotopic (exact) mass is 244 g/mol. The highest BCUT2D eigenvalue weighted by molar-refractivity contribution is 7.91. The Hall–Kier alpha value is -0.853. The van der Waals surface area contributed by atoms with Crippen molar-refractivity contribution in [2.45, 2.75) is 24.5 Å². The van der Waals surface area contributed by atoms with Crippen molar-refractivity contribution >= 4 is 23.9 Å². The first-order chi connectivity index (χ1) is 6.71. The van der Waals surface area contributed by atoms with E-state index in [2.05, 4.69) is 4.39 Å². The number of sulfonamides is 1. The number of anilines is 1. The fraction of sp³-hybridized carbons (Fsp3) is 0.333. The van der Waals surface area contributed by atoms with E-state index in [0.717, 1.165) is 0 Å². The van der Waals surface area contributed by atoms with E-state index in [-0.39, 0.29) is 4.90 Å². The van der Waals surface area contributed by atoms with E-state index in [0.29, 0.717) is 5.69 Å². The summed E-state index contributed by atoms with van der Waals surface area (Å²) < 4.78 is 26.4. The molecule has 1 rings (SSSR count). The minimum atomic E-state index is -3.38. The van der Waals surface area contributed by atoms with Gasteiger partial charge >= 0.3 is 0 Å². The van der Waals surface area contributed by atoms with E-state index in [9.17, 15) is 8.42 Å². The Morgan fingerprint density at radius 1 is 1.13 bits per heavy atom. The second kappa shape index (κ2) is 3.95. The minimum Gasteiger partial charge on any atom is -0.399 e. The first kappa shape index (κ1) is 12.2. The molecule has 0 atom stereocenters. The number of nitrogens with one attached hydrogen (secondary N) is 1. The summed E-state index contributed by atoms with van der Waals surface area (Å²) in [5.74, 6) is 0. The van der Waals surface area contributed by atoms with Crippen LogP contribution in [0, 0.1) is 0 Å². The zero-order valence-corrected chi connectivity index (χ0v) is 10.9. The fourth-order valence-electron chi connectivity index (χ4n) is 1.11. The van der Waals surface area contributed by atoms with Crippen LogP contribution in [0.2, 0.25) is 19.6 Å². The Labute approximate surface area is 91.6 Å². The van der Waals surface area contributed by atoms with Gasteiger partial charge in [0.1, 0.15) is 8.24 Å². The highest BCUT2D eigenvalue weighted by Crippen LogP contribution is 2.13. The Kier molecular flexibility index (Phi) is 3.22. The van der Waals surface area contributed by atoms with Gasteiger partial charge in [0.05, 0.1) is 4.90 Å². The molecule has 4 nitrogen and oxygen atoms in total. The summed E-state index contributed by atoms with van der Waals surface area (Å²) in [4.78, 5) is 0.263. The quantitative estimate of drug-likeness (QED) is 0.623. The largest absolute Gasteiger partial charge is 0.399 e. The van der Waals surface area contributed by atoms with E-state index in [1.54, 1.807) is 12.1 Å². The lowest BCUT2D eigenvalue weighted by molar-refractivity contribution is 0.593. The molecule has 84 valence electrons. The smallest absolute Gasteiger partial charge is 0.234 e. The summed E-state index contributed by atoms with van der Waals surface area (Å²) >= 11 is 0. The van der Waals surface area contributed by atoms with Crippen molar-refractivity contribution < 1.29 is 8.42 Å². The predicted molar refractivity (Wildman–Crippen MR) is 64.5 cm³/mol. The SMILES string of the molecule is C[Si](C)(C)NS(=O)(=O)c1ccc(N)cc1. The fourth-order valence-corrected chi connectivity index (χ4v) is 5.30. The Balaban J connectivity index is 3.02. The molecule has 0 bridgehead atoms. The number of rotatable bonds is 3. The van der Waals surface area contributed by atoms with Crippen LogP contribution in [-0.2, 0) is 10.0 Å². The summed E-state index contributed by atoms with van der Waals surface area (Å²) in [7, 11) is -5.24. The topological polar surface area (TPSA) is 72.2 Å². The Bertz CT molecular complexity index is 434. The van der Waals surface area contributed by atoms with E-state index < -0.39 is 18.3 Å². The molecule has 0 unspecified atom stereocenters. The van der Waals surface area contributed by atoms with Gasteiger partial charge in [0.2, 0.25) is 10.0 Å². The predicted octanol–water partition coefficient (Wildman–Crippen LogP) is 1.38. The van der Waals surface area contributed by atoms with Crippen molar-refractivity contribution in [1.29, 1.82) is 0 Å². The van der Waals surface area contributed by atoms with Crippen LogP contribution in [-0.4, -0.2) is 16.7 Å². The highest BCUT2D eigenvalue weighted by Gasteiger charge is 2.23. The van der Waals surface area contributed by atoms with Crippen LogP contribution in [0.3, 0.4) is 0 Å². The summed E-state index contributed by atoms with van der Waals surface area (Å²) in [5.41, 5.74) is 6.05. The van der Waals surface area contributed by atoms with Crippen molar-refractivity contribution in [3.8, 4) is 0 Å². The molecule has 0 amide bonds. The molecule has 0 fully saturated rings. The lowest BCUT2D eigenvalue weighted by Crippen LogP contribution is -2.45. The van der Waals surface area contributed by atoms with Crippen molar-refractivity contribution in [2.24, 2.45) is 0 Å². The number of benzene rings is 1. The summed E-state index contributed by atoms with van der Waals surface area (Å²) in [6.07, 6.45) is 0. The Morgan fingerprint density at radius 3 is 2.00 bits per heavy atom. The van der Waals surface area contributed by atoms with Crippen LogP contribution in [0.4, 0.5) is 5.69 Å². The van der Waals surface area contributed by atoms with Crippen molar-refractivity contribution in [1.82, 2.24) is 4.39 Å². The maximum absolute atomic E-state index is 11.8. The zero-order valence-electron chi connectivity index (χ0n) is 9.11. The van der Waals surface area contributed by atoms with Gasteiger partial charge in [-0.1, -0.05) is 19.6 Å². The molecule has 0 spiro atoms. The summed E-state index contributed by atoms with van der Waals surface area (Å²) in [5, 5.41) is 0. The number of nitrogens with two attached hydrogens (primary N) is 1. The van der Waals surface area contributed by atoms with Gasteiger partial charge in [-0.2, -0.15) is 0 Å². The zero-order chi connectivity index (χ0) is 11.7. The van der Waals surface area contributed by atoms with Crippen molar-refractivity contribution in [2.75, 3.05) is 5.73 Å². The molecule has 0 radical (unpaired) electrons. The molecule has 1 aromatic rings. The van der Waals surface area contributed by atoms with Crippen LogP contribution in [0.25, 0.3) is 0 Å². The van der Waals surface area contributed by atoms with Gasteiger partial charge in [0.15, 0.2) is 0 Å². The molecule has 0 saturated carbocycles. The standard InChI is InChI=1S/C9H16N2O2SSi/c1-15(2,3)11-14(12,13)9-6-4-8(10)5-7-9/h4-7,11H,10H2,1-3H3. The molecule has 6 heteroatoms. The molecule has 0 aromatic heterocycles. The van der Waals surface area contributed by atoms with Gasteiger partial charge < -0.3 is 5.73 Å². The van der Waals surface area contributed by atoms with Gasteiger partial charge in [-0.25, -0.2) is 12.8 Å². The molecule has 0 heterocycles. The molecular formula is C9H16N2O2SSi. The normalized spacial score (nSPS) is 12.7. The average Bonchev–Trinajstić information content (AvgIpc) is 2.00. The first-order valence-corrected chi connectivity index (χ1v) is 9.58. The maximum Gasteiger partial charge on any atom is 0.234 e. The molecular weight excluding hydrogens is 228 g/mol. The van der Waals surface area contributed by atoms with E-state index in [4.69, 9.17) is 5.73 Å². The molecule has 0 aliphatic carbocycles. The van der Waals surface area contributed by atoms with E-state index in [1.165, 1.54) is 12.1 Å². The maximum atomic E-state index is 11.8. The number of nitrogen functional groups attached to an aromatic ring is 1. The summed E-state index contributed by atoms with van der Waals surface area (Å²) in [6, 6.07) is 6.19. The van der Waals surface area contributed by atoms with E-state index >= 15 is 0 Å². The third-order valence-corrected chi connectivity index (χ3v) is 6.05. The average molecular weight is 244 g/mol. The molecule has 0 aliphatic heterocycles. The third-order valence-electron chi connectivity index (χ3n) is 1.63. The highest BCUT2D eigenvalue weighted by atomic mass is 32.2. The van der Waals surface area contributed by atoms with Gasteiger partial charge in [-0.05, 0) is 24.3 Å². The first-order valence-electron chi connectivity index (χ1n) is 4.60. The van der Waals surface area contributed by atoms with Crippen LogP contribution >= 0.6 is 0 Å². The van der Waals surface area contributed by atoms with E-state index in [1.807, 2.05) is 19.6 Å². The van der Waals surface area contributed by atoms with Crippen LogP contribution < -0.4 is 10.1 Å². The van der Waals surface area contributed by atoms with Gasteiger partial charge in [0.25, 0.3) is 0 Å². The van der Waals surface area contributed by atoms with Gasteiger partial charge in [-0.3, -0.25) is 0 Å². The summed E-state index contributed by atoms with van der Waals surface area (Å²) in [6.45, 7) is 5.80. The van der Waals surface area contributed by atoms with Crippen LogP contribution in [0.5, 0.6) is 0 Å². The van der Waals surface area contributed by atoms with Crippen molar-refractivity contribution in [3.63, 3.8) is 0 Å². The molecule has 0 aliphatic rings. The lowest BCUT2D eigenvalue weighted by atomic mass is 10.3. The van der Waals surface area contributed by atoms with Gasteiger partial charge in [0, 0.05) is 5.69 Å². The van der Waals surface area contributed by atoms with Crippen LogP contribution in [0.15, 0.2) is 29.2 Å². The second-order valence-electron chi connectivity index (χ2n) is 4.42. The number of hydrogen-bond donors (Lipinski definition) is 2. The minimum absolute atomic E-state index is 0.263. The number of hydrogen-bond acceptors (Lipinski definition) is 3. The second-order valence-corrected chi connectivity index (χ2v) is 11.2. The Morgan fingerprint density at radius 2 is 1.60 bits per heavy atom. The third kappa shape index (κ3) is 3.65. The van der Waals surface area contributed by atoms with Crippen molar-refractivity contribution in [3.05, 3.63) is 24.3 Å². The van der Waals surface area contributed by atoms with Crippen LogP contribution in [0.1, 0.15) is 0 Å². The molecule has 0 saturated heterocycles. The molecule has 15 heavy (non-hydrogen) atoms. The molecule has 3 N–H and O–H groups in total. The molecule has 1 aromatic carbocycles. The lowest BCUT2D eigenvalue weighted by Gasteiger charge is -2.17.